The van der Waals surface area contributed by atoms with Gasteiger partial charge in [-0.25, -0.2) is 0 Å². The maximum Gasteiger partial charge on any atom is 0.0986 e. The van der Waals surface area contributed by atoms with E-state index in [9.17, 15) is 0 Å². The van der Waals surface area contributed by atoms with E-state index in [4.69, 9.17) is 15.3 Å². The van der Waals surface area contributed by atoms with Gasteiger partial charge in [0.05, 0.1) is 24.9 Å². The highest BCUT2D eigenvalue weighted by atomic mass is 16.3. The first-order valence-electron chi connectivity index (χ1n) is 2.96. The van der Waals surface area contributed by atoms with Crippen LogP contribution in [0.3, 0.4) is 0 Å². The molecular weight excluding hydrogens is 122 g/mol. The van der Waals surface area contributed by atoms with Crippen LogP contribution in [0.4, 0.5) is 0 Å². The van der Waals surface area contributed by atoms with E-state index >= 15 is 0 Å². The van der Waals surface area contributed by atoms with Crippen LogP contribution in [0.1, 0.15) is 0 Å². The van der Waals surface area contributed by atoms with E-state index in [1.807, 2.05) is 0 Å². The molecule has 0 spiro atoms. The third-order valence-corrected chi connectivity index (χ3v) is 1.59. The molecule has 1 fully saturated rings. The normalized spacial score (nSPS) is 43.7. The molecule has 0 radical (unpaired) electrons. The van der Waals surface area contributed by atoms with E-state index in [0.717, 1.165) is 0 Å². The average molecular weight is 133 g/mol. The molecule has 4 N–H and O–H groups in total. The lowest BCUT2D eigenvalue weighted by Gasteiger charge is -2.11. The predicted octanol–water partition coefficient (Wildman–Crippen LogP) is -2.33. The van der Waals surface area contributed by atoms with Crippen molar-refractivity contribution in [2.75, 3.05) is 13.2 Å². The predicted molar refractivity (Wildman–Crippen MR) is 30.9 cm³/mol. The fourth-order valence-electron chi connectivity index (χ4n) is 0.954. The lowest BCUT2D eigenvalue weighted by molar-refractivity contribution is 0.0295. The largest absolute Gasteiger partial charge is 0.395 e. The molecule has 1 heterocycles. The van der Waals surface area contributed by atoms with Gasteiger partial charge in [0.25, 0.3) is 0 Å². The minimum atomic E-state index is -0.810. The van der Waals surface area contributed by atoms with E-state index in [-0.39, 0.29) is 12.6 Å². The van der Waals surface area contributed by atoms with Crippen molar-refractivity contribution < 1.29 is 15.3 Å². The quantitative estimate of drug-likeness (QED) is 0.324. The molecule has 1 aliphatic rings. The summed E-state index contributed by atoms with van der Waals surface area (Å²) in [5, 5.41) is 29.1. The molecule has 3 atom stereocenters. The number of β-amino-alcohol motifs (C(OH)–C–C–N with tert-alkyl or cyclic N) is 1. The Labute approximate surface area is 53.1 Å². The first kappa shape index (κ1) is 6.95. The summed E-state index contributed by atoms with van der Waals surface area (Å²) in [5.74, 6) is 0. The number of nitrogens with one attached hydrogen (secondary N) is 1. The smallest absolute Gasteiger partial charge is 0.0986 e. The number of aliphatic hydroxyl groups is 3. The average Bonchev–Trinajstić information content (AvgIpc) is 2.15. The Hall–Kier alpha value is -0.160. The van der Waals surface area contributed by atoms with E-state index in [1.54, 1.807) is 0 Å². The van der Waals surface area contributed by atoms with Crippen LogP contribution in [-0.2, 0) is 0 Å². The minimum Gasteiger partial charge on any atom is -0.395 e. The van der Waals surface area contributed by atoms with Crippen LogP contribution in [0.15, 0.2) is 0 Å². The Morgan fingerprint density at radius 3 is 2.33 bits per heavy atom. The van der Waals surface area contributed by atoms with Gasteiger partial charge in [-0.05, 0) is 0 Å². The first-order valence-corrected chi connectivity index (χ1v) is 2.96. The van der Waals surface area contributed by atoms with Gasteiger partial charge in [-0.2, -0.15) is 0 Å². The molecule has 0 aromatic heterocycles. The van der Waals surface area contributed by atoms with Gasteiger partial charge in [0.2, 0.25) is 0 Å². The van der Waals surface area contributed by atoms with Crippen LogP contribution >= 0.6 is 0 Å². The molecule has 0 saturated carbocycles. The maximum absolute atomic E-state index is 8.98. The zero-order chi connectivity index (χ0) is 6.85. The molecule has 0 aromatic carbocycles. The number of aliphatic hydroxyl groups excluding tert-OH is 3. The van der Waals surface area contributed by atoms with Crippen LogP contribution < -0.4 is 5.32 Å². The van der Waals surface area contributed by atoms with Gasteiger partial charge in [0, 0.05) is 6.54 Å². The molecule has 1 unspecified atom stereocenters. The SMILES string of the molecule is OCC1NC[C@@H](O)[C@H]1O. The number of rotatable bonds is 1. The van der Waals surface area contributed by atoms with Gasteiger partial charge in [0.1, 0.15) is 0 Å². The highest BCUT2D eigenvalue weighted by Gasteiger charge is 2.31. The summed E-state index contributed by atoms with van der Waals surface area (Å²) < 4.78 is 0. The molecule has 0 bridgehead atoms. The Kier molecular flexibility index (Phi) is 2.02. The van der Waals surface area contributed by atoms with E-state index < -0.39 is 12.2 Å². The standard InChI is InChI=1S/C5H11NO3/c7-2-3-5(9)4(8)1-6-3/h3-9H,1-2H2/t3?,4-,5+/m1/s1. The molecule has 1 saturated heterocycles. The monoisotopic (exact) mass is 133 g/mol. The highest BCUT2D eigenvalue weighted by molar-refractivity contribution is 4.89. The summed E-state index contributed by atoms with van der Waals surface area (Å²) in [6.07, 6.45) is -1.53. The molecular formula is C5H11NO3. The molecule has 54 valence electrons. The van der Waals surface area contributed by atoms with E-state index in [0.29, 0.717) is 6.54 Å². The van der Waals surface area contributed by atoms with Gasteiger partial charge < -0.3 is 20.6 Å². The highest BCUT2D eigenvalue weighted by Crippen LogP contribution is 2.05. The summed E-state index contributed by atoms with van der Waals surface area (Å²) in [4.78, 5) is 0. The summed E-state index contributed by atoms with van der Waals surface area (Å²) in [6.45, 7) is 0.241. The molecule has 0 aromatic rings. The van der Waals surface area contributed by atoms with E-state index in [2.05, 4.69) is 5.32 Å². The van der Waals surface area contributed by atoms with E-state index in [1.165, 1.54) is 0 Å². The molecule has 1 rings (SSSR count). The molecule has 0 amide bonds. The van der Waals surface area contributed by atoms with Crippen molar-refractivity contribution in [3.8, 4) is 0 Å². The van der Waals surface area contributed by atoms with Crippen molar-refractivity contribution in [2.24, 2.45) is 0 Å². The van der Waals surface area contributed by atoms with Crippen LogP contribution in [0.25, 0.3) is 0 Å². The van der Waals surface area contributed by atoms with Crippen molar-refractivity contribution in [1.82, 2.24) is 5.32 Å². The zero-order valence-electron chi connectivity index (χ0n) is 4.99. The molecule has 4 nitrogen and oxygen atoms in total. The summed E-state index contributed by atoms with van der Waals surface area (Å²) >= 11 is 0. The van der Waals surface area contributed by atoms with Crippen molar-refractivity contribution >= 4 is 0 Å². The maximum atomic E-state index is 8.98. The topological polar surface area (TPSA) is 72.7 Å². The first-order chi connectivity index (χ1) is 4.25. The van der Waals surface area contributed by atoms with Crippen LogP contribution in [-0.4, -0.2) is 46.7 Å². The second kappa shape index (κ2) is 2.62. The van der Waals surface area contributed by atoms with Crippen molar-refractivity contribution in [1.29, 1.82) is 0 Å². The van der Waals surface area contributed by atoms with Crippen LogP contribution in [0.2, 0.25) is 0 Å². The molecule has 0 aliphatic carbocycles. The molecule has 9 heavy (non-hydrogen) atoms. The second-order valence-corrected chi connectivity index (χ2v) is 2.26. The third-order valence-electron chi connectivity index (χ3n) is 1.59. The summed E-state index contributed by atoms with van der Waals surface area (Å²) in [5.41, 5.74) is 0. The fraction of sp³-hybridized carbons (Fsp3) is 1.00. The summed E-state index contributed by atoms with van der Waals surface area (Å²) in [7, 11) is 0. The Morgan fingerprint density at radius 2 is 2.11 bits per heavy atom. The fourth-order valence-corrected chi connectivity index (χ4v) is 0.954. The van der Waals surface area contributed by atoms with Gasteiger partial charge in [-0.15, -0.1) is 0 Å². The third kappa shape index (κ3) is 1.21. The molecule has 1 aliphatic heterocycles. The second-order valence-electron chi connectivity index (χ2n) is 2.26. The lowest BCUT2D eigenvalue weighted by Crippen LogP contribution is -2.35. The van der Waals surface area contributed by atoms with Crippen molar-refractivity contribution in [3.05, 3.63) is 0 Å². The van der Waals surface area contributed by atoms with Gasteiger partial charge in [0.15, 0.2) is 0 Å². The molecule has 4 heteroatoms. The van der Waals surface area contributed by atoms with Crippen LogP contribution in [0.5, 0.6) is 0 Å². The Balaban J connectivity index is 2.41. The van der Waals surface area contributed by atoms with Crippen molar-refractivity contribution in [3.63, 3.8) is 0 Å². The Bertz CT molecular complexity index is 98.2. The van der Waals surface area contributed by atoms with Crippen LogP contribution in [0, 0.1) is 0 Å². The summed E-state index contributed by atoms with van der Waals surface area (Å²) in [6, 6.07) is -0.347. The van der Waals surface area contributed by atoms with Gasteiger partial charge in [-0.3, -0.25) is 0 Å². The number of hydrogen-bond acceptors (Lipinski definition) is 4. The van der Waals surface area contributed by atoms with Crippen molar-refractivity contribution in [2.45, 2.75) is 18.2 Å². The lowest BCUT2D eigenvalue weighted by atomic mass is 10.1. The number of hydrogen-bond donors (Lipinski definition) is 4. The zero-order valence-corrected chi connectivity index (χ0v) is 4.99. The minimum absolute atomic E-state index is 0.127. The Morgan fingerprint density at radius 1 is 1.44 bits per heavy atom. The van der Waals surface area contributed by atoms with Gasteiger partial charge >= 0.3 is 0 Å². The van der Waals surface area contributed by atoms with Gasteiger partial charge in [-0.1, -0.05) is 0 Å².